The summed E-state index contributed by atoms with van der Waals surface area (Å²) in [5, 5.41) is 9.55. The SMILES string of the molecule is CC(C)(C)C1CN(c2ccc(B3OC(C)(C)C(C)(C)O3)cc2)CCN1C(=O)O. The number of nitrogens with zero attached hydrogens (tertiary/aromatic N) is 2. The molecule has 1 amide bonds. The van der Waals surface area contributed by atoms with Gasteiger partial charge in [0.2, 0.25) is 0 Å². The van der Waals surface area contributed by atoms with Gasteiger partial charge in [-0.3, -0.25) is 0 Å². The third kappa shape index (κ3) is 3.87. The molecule has 3 rings (SSSR count). The topological polar surface area (TPSA) is 62.2 Å². The molecule has 0 aromatic heterocycles. The fourth-order valence-corrected chi connectivity index (χ4v) is 3.81. The van der Waals surface area contributed by atoms with Crippen molar-refractivity contribution in [1.29, 1.82) is 0 Å². The summed E-state index contributed by atoms with van der Waals surface area (Å²) in [4.78, 5) is 15.5. The molecule has 1 unspecified atom stereocenters. The molecular formula is C21H33BN2O4. The van der Waals surface area contributed by atoms with Gasteiger partial charge >= 0.3 is 13.2 Å². The van der Waals surface area contributed by atoms with Gasteiger partial charge in [0.05, 0.1) is 17.2 Å². The molecule has 28 heavy (non-hydrogen) atoms. The van der Waals surface area contributed by atoms with E-state index in [-0.39, 0.29) is 29.8 Å². The Labute approximate surface area is 168 Å². The maximum absolute atomic E-state index is 11.6. The van der Waals surface area contributed by atoms with Crippen LogP contribution in [0.2, 0.25) is 0 Å². The third-order valence-corrected chi connectivity index (χ3v) is 6.41. The molecule has 2 aliphatic rings. The van der Waals surface area contributed by atoms with Crippen LogP contribution in [0.4, 0.5) is 10.5 Å². The first-order chi connectivity index (χ1) is 12.8. The Morgan fingerprint density at radius 1 is 1.07 bits per heavy atom. The van der Waals surface area contributed by atoms with Crippen LogP contribution >= 0.6 is 0 Å². The van der Waals surface area contributed by atoms with Crippen LogP contribution in [-0.4, -0.2) is 60.1 Å². The molecule has 7 heteroatoms. The molecule has 0 bridgehead atoms. The van der Waals surface area contributed by atoms with Crippen LogP contribution in [0.5, 0.6) is 0 Å². The van der Waals surface area contributed by atoms with Crippen LogP contribution in [0.15, 0.2) is 24.3 Å². The zero-order chi connectivity index (χ0) is 20.9. The van der Waals surface area contributed by atoms with Crippen molar-refractivity contribution in [2.24, 2.45) is 5.41 Å². The first kappa shape index (κ1) is 21.0. The molecule has 2 heterocycles. The lowest BCUT2D eigenvalue weighted by atomic mass is 9.79. The van der Waals surface area contributed by atoms with Gasteiger partial charge in [-0.2, -0.15) is 0 Å². The van der Waals surface area contributed by atoms with E-state index in [4.69, 9.17) is 9.31 Å². The Morgan fingerprint density at radius 3 is 2.07 bits per heavy atom. The van der Waals surface area contributed by atoms with E-state index >= 15 is 0 Å². The zero-order valence-corrected chi connectivity index (χ0v) is 18.2. The maximum Gasteiger partial charge on any atom is 0.494 e. The Kier molecular flexibility index (Phi) is 5.22. The minimum absolute atomic E-state index is 0.0541. The number of anilines is 1. The second-order valence-electron chi connectivity index (χ2n) is 9.98. The van der Waals surface area contributed by atoms with Crippen molar-refractivity contribution in [3.63, 3.8) is 0 Å². The van der Waals surface area contributed by atoms with Gasteiger partial charge < -0.3 is 24.2 Å². The van der Waals surface area contributed by atoms with Gasteiger partial charge in [-0.05, 0) is 50.7 Å². The average molecular weight is 388 g/mol. The highest BCUT2D eigenvalue weighted by Crippen LogP contribution is 2.36. The molecule has 2 aliphatic heterocycles. The molecule has 2 saturated heterocycles. The number of rotatable bonds is 2. The molecule has 0 spiro atoms. The number of carboxylic acid groups (broad SMARTS) is 1. The van der Waals surface area contributed by atoms with E-state index in [9.17, 15) is 9.90 Å². The fraction of sp³-hybridized carbons (Fsp3) is 0.667. The highest BCUT2D eigenvalue weighted by Gasteiger charge is 2.51. The summed E-state index contributed by atoms with van der Waals surface area (Å²) in [7, 11) is -0.370. The predicted molar refractivity (Wildman–Crippen MR) is 112 cm³/mol. The predicted octanol–water partition coefficient (Wildman–Crippen LogP) is 3.20. The lowest BCUT2D eigenvalue weighted by Crippen LogP contribution is -2.59. The monoisotopic (exact) mass is 388 g/mol. The van der Waals surface area contributed by atoms with Crippen LogP contribution < -0.4 is 10.4 Å². The molecule has 154 valence electrons. The van der Waals surface area contributed by atoms with Crippen LogP contribution in [0, 0.1) is 5.41 Å². The number of piperazine rings is 1. The second kappa shape index (κ2) is 6.96. The van der Waals surface area contributed by atoms with Crippen molar-refractivity contribution >= 4 is 24.4 Å². The molecule has 1 aromatic rings. The lowest BCUT2D eigenvalue weighted by Gasteiger charge is -2.46. The number of carbonyl (C=O) groups is 1. The summed E-state index contributed by atoms with van der Waals surface area (Å²) < 4.78 is 12.3. The minimum Gasteiger partial charge on any atom is -0.465 e. The number of amides is 1. The first-order valence-corrected chi connectivity index (χ1v) is 10.0. The van der Waals surface area contributed by atoms with E-state index in [1.807, 2.05) is 12.1 Å². The van der Waals surface area contributed by atoms with Crippen LogP contribution in [0.3, 0.4) is 0 Å². The summed E-state index contributed by atoms with van der Waals surface area (Å²) in [5.74, 6) is 0. The van der Waals surface area contributed by atoms with Crippen molar-refractivity contribution in [3.8, 4) is 0 Å². The number of benzene rings is 1. The zero-order valence-electron chi connectivity index (χ0n) is 18.2. The molecule has 2 fully saturated rings. The summed E-state index contributed by atoms with van der Waals surface area (Å²) in [6, 6.07) is 8.20. The smallest absolute Gasteiger partial charge is 0.465 e. The number of hydrogen-bond donors (Lipinski definition) is 1. The molecular weight excluding hydrogens is 355 g/mol. The van der Waals surface area contributed by atoms with Gasteiger partial charge in [0.15, 0.2) is 0 Å². The maximum atomic E-state index is 11.6. The molecule has 0 saturated carbocycles. The summed E-state index contributed by atoms with van der Waals surface area (Å²) in [5.41, 5.74) is 1.26. The van der Waals surface area contributed by atoms with Crippen molar-refractivity contribution in [1.82, 2.24) is 4.90 Å². The Balaban J connectivity index is 1.75. The van der Waals surface area contributed by atoms with Gasteiger partial charge in [-0.25, -0.2) is 4.79 Å². The van der Waals surface area contributed by atoms with Crippen molar-refractivity contribution < 1.29 is 19.2 Å². The molecule has 1 atom stereocenters. The Hall–Kier alpha value is -1.73. The summed E-state index contributed by atoms with van der Waals surface area (Å²) >= 11 is 0. The van der Waals surface area contributed by atoms with Gasteiger partial charge in [0.25, 0.3) is 0 Å². The van der Waals surface area contributed by atoms with Gasteiger partial charge in [-0.1, -0.05) is 32.9 Å². The Bertz CT molecular complexity index is 711. The van der Waals surface area contributed by atoms with Crippen LogP contribution in [0.25, 0.3) is 0 Å². The first-order valence-electron chi connectivity index (χ1n) is 10.0. The van der Waals surface area contributed by atoms with E-state index in [0.717, 1.165) is 11.2 Å². The molecule has 0 aliphatic carbocycles. The fourth-order valence-electron chi connectivity index (χ4n) is 3.81. The third-order valence-electron chi connectivity index (χ3n) is 6.41. The normalized spacial score (nSPS) is 24.5. The summed E-state index contributed by atoms with van der Waals surface area (Å²) in [6.45, 7) is 16.4. The highest BCUT2D eigenvalue weighted by molar-refractivity contribution is 6.62. The molecule has 0 radical (unpaired) electrons. The van der Waals surface area contributed by atoms with E-state index in [1.54, 1.807) is 4.90 Å². The summed E-state index contributed by atoms with van der Waals surface area (Å²) in [6.07, 6.45) is -0.837. The second-order valence-corrected chi connectivity index (χ2v) is 9.98. The van der Waals surface area contributed by atoms with Crippen molar-refractivity contribution in [2.45, 2.75) is 65.7 Å². The van der Waals surface area contributed by atoms with Crippen molar-refractivity contribution in [2.75, 3.05) is 24.5 Å². The molecule has 1 N–H and O–H groups in total. The molecule has 1 aromatic carbocycles. The van der Waals surface area contributed by atoms with E-state index in [1.165, 1.54) is 0 Å². The van der Waals surface area contributed by atoms with Crippen molar-refractivity contribution in [3.05, 3.63) is 24.3 Å². The average Bonchev–Trinajstić information content (AvgIpc) is 2.81. The minimum atomic E-state index is -0.837. The van der Waals surface area contributed by atoms with Crippen LogP contribution in [0.1, 0.15) is 48.5 Å². The van der Waals surface area contributed by atoms with E-state index < -0.39 is 6.09 Å². The van der Waals surface area contributed by atoms with E-state index in [0.29, 0.717) is 19.6 Å². The van der Waals surface area contributed by atoms with Gasteiger partial charge in [-0.15, -0.1) is 0 Å². The van der Waals surface area contributed by atoms with E-state index in [2.05, 4.69) is 65.5 Å². The standard InChI is InChI=1S/C21H33BN2O4/c1-19(2,3)17-14-23(12-13-24(17)18(25)26)16-10-8-15(9-11-16)22-27-20(4,5)21(6,7)28-22/h8-11,17H,12-14H2,1-7H3,(H,25,26). The number of hydrogen-bond acceptors (Lipinski definition) is 4. The van der Waals surface area contributed by atoms with Gasteiger partial charge in [0, 0.05) is 25.3 Å². The lowest BCUT2D eigenvalue weighted by molar-refractivity contribution is 0.00578. The van der Waals surface area contributed by atoms with Gasteiger partial charge in [0.1, 0.15) is 0 Å². The Morgan fingerprint density at radius 2 is 1.61 bits per heavy atom. The largest absolute Gasteiger partial charge is 0.494 e. The molecule has 6 nitrogen and oxygen atoms in total. The highest BCUT2D eigenvalue weighted by atomic mass is 16.7. The van der Waals surface area contributed by atoms with Crippen LogP contribution in [-0.2, 0) is 9.31 Å². The quantitative estimate of drug-likeness (QED) is 0.789.